The van der Waals surface area contributed by atoms with Gasteiger partial charge < -0.3 is 14.5 Å². The molecule has 0 aromatic carbocycles. The van der Waals surface area contributed by atoms with Crippen LogP contribution in [0.15, 0.2) is 24.7 Å². The number of pyridine rings is 1. The zero-order valence-electron chi connectivity index (χ0n) is 16.5. The Labute approximate surface area is 160 Å². The third-order valence-corrected chi connectivity index (χ3v) is 4.92. The maximum absolute atomic E-state index is 12.7. The van der Waals surface area contributed by atoms with Crippen molar-refractivity contribution < 1.29 is 9.53 Å². The quantitative estimate of drug-likeness (QED) is 0.807. The van der Waals surface area contributed by atoms with Crippen molar-refractivity contribution in [3.63, 3.8) is 0 Å². The smallest absolute Gasteiger partial charge is 0.249 e. The fourth-order valence-electron chi connectivity index (χ4n) is 3.56. The lowest BCUT2D eigenvalue weighted by molar-refractivity contribution is -0.139. The van der Waals surface area contributed by atoms with Crippen LogP contribution in [0.5, 0.6) is 0 Å². The van der Waals surface area contributed by atoms with E-state index in [-0.39, 0.29) is 18.6 Å². The molecule has 0 bridgehead atoms. The van der Waals surface area contributed by atoms with Gasteiger partial charge >= 0.3 is 0 Å². The fourth-order valence-corrected chi connectivity index (χ4v) is 3.56. The van der Waals surface area contributed by atoms with Crippen molar-refractivity contribution in [1.82, 2.24) is 19.9 Å². The van der Waals surface area contributed by atoms with Crippen LogP contribution >= 0.6 is 0 Å². The van der Waals surface area contributed by atoms with Crippen molar-refractivity contribution in [2.24, 2.45) is 0 Å². The Morgan fingerprint density at radius 3 is 2.81 bits per heavy atom. The predicted molar refractivity (Wildman–Crippen MR) is 105 cm³/mol. The topological polar surface area (TPSA) is 71.5 Å². The Morgan fingerprint density at radius 1 is 1.30 bits per heavy atom. The minimum absolute atomic E-state index is 0.00427. The Balaban J connectivity index is 2.12. The van der Waals surface area contributed by atoms with E-state index < -0.39 is 0 Å². The van der Waals surface area contributed by atoms with Gasteiger partial charge in [0.05, 0.1) is 11.7 Å². The molecule has 1 fully saturated rings. The molecule has 0 saturated carbocycles. The van der Waals surface area contributed by atoms with Crippen LogP contribution in [0, 0.1) is 6.92 Å². The van der Waals surface area contributed by atoms with Gasteiger partial charge in [-0.3, -0.25) is 9.78 Å². The predicted octanol–water partition coefficient (Wildman–Crippen LogP) is 2.61. The number of amides is 1. The molecular formula is C20H27N5O2. The van der Waals surface area contributed by atoms with Crippen molar-refractivity contribution in [2.45, 2.75) is 32.2 Å². The van der Waals surface area contributed by atoms with Crippen molar-refractivity contribution in [2.75, 3.05) is 39.3 Å². The summed E-state index contributed by atoms with van der Waals surface area (Å²) in [4.78, 5) is 30.0. The van der Waals surface area contributed by atoms with E-state index >= 15 is 0 Å². The number of ether oxygens (including phenoxy) is 1. The molecule has 7 heteroatoms. The normalized spacial score (nSPS) is 17.0. The van der Waals surface area contributed by atoms with Crippen LogP contribution in [-0.2, 0) is 9.53 Å². The number of rotatable bonds is 5. The number of nitrogens with zero attached hydrogens (tertiary/aromatic N) is 5. The number of aromatic nitrogens is 3. The van der Waals surface area contributed by atoms with Gasteiger partial charge in [-0.2, -0.15) is 0 Å². The molecule has 1 amide bonds. The van der Waals surface area contributed by atoms with Crippen molar-refractivity contribution >= 4 is 11.9 Å². The highest BCUT2D eigenvalue weighted by atomic mass is 16.5. The number of carbonyl (C=O) groups is 1. The van der Waals surface area contributed by atoms with Crippen LogP contribution in [-0.4, -0.2) is 60.1 Å². The molecular weight excluding hydrogens is 342 g/mol. The first-order valence-corrected chi connectivity index (χ1v) is 9.26. The molecule has 0 spiro atoms. The lowest BCUT2D eigenvalue weighted by Gasteiger charge is -2.36. The van der Waals surface area contributed by atoms with Gasteiger partial charge in [0.15, 0.2) is 0 Å². The van der Waals surface area contributed by atoms with E-state index in [4.69, 9.17) is 9.72 Å². The largest absolute Gasteiger partial charge is 0.375 e. The van der Waals surface area contributed by atoms with Crippen LogP contribution in [0.3, 0.4) is 0 Å². The van der Waals surface area contributed by atoms with E-state index in [2.05, 4.69) is 9.97 Å². The van der Waals surface area contributed by atoms with E-state index in [0.29, 0.717) is 5.95 Å². The highest BCUT2D eigenvalue weighted by Crippen LogP contribution is 2.37. The summed E-state index contributed by atoms with van der Waals surface area (Å²) < 4.78 is 5.10. The Morgan fingerprint density at radius 2 is 2.11 bits per heavy atom. The number of hydrogen-bond donors (Lipinski definition) is 0. The molecule has 27 heavy (non-hydrogen) atoms. The second kappa shape index (κ2) is 8.43. The average molecular weight is 369 g/mol. The lowest BCUT2D eigenvalue weighted by atomic mass is 9.93. The van der Waals surface area contributed by atoms with Crippen LogP contribution in [0.25, 0.3) is 11.1 Å². The summed E-state index contributed by atoms with van der Waals surface area (Å²) in [7, 11) is 5.40. The summed E-state index contributed by atoms with van der Waals surface area (Å²) in [6.07, 6.45) is 8.44. The molecule has 3 heterocycles. The van der Waals surface area contributed by atoms with Gasteiger partial charge in [0.25, 0.3) is 0 Å². The van der Waals surface area contributed by atoms with Gasteiger partial charge in [0.1, 0.15) is 6.61 Å². The van der Waals surface area contributed by atoms with E-state index in [0.717, 1.165) is 48.2 Å². The molecule has 0 N–H and O–H groups in total. The summed E-state index contributed by atoms with van der Waals surface area (Å²) in [6, 6.07) is 1.91. The number of anilines is 1. The average Bonchev–Trinajstić information content (AvgIpc) is 2.68. The summed E-state index contributed by atoms with van der Waals surface area (Å²) in [6.45, 7) is 2.84. The molecule has 1 unspecified atom stereocenters. The third kappa shape index (κ3) is 4.08. The monoisotopic (exact) mass is 369 g/mol. The Hall–Kier alpha value is -2.54. The van der Waals surface area contributed by atoms with Gasteiger partial charge in [0.2, 0.25) is 11.9 Å². The molecule has 2 aromatic heterocycles. The van der Waals surface area contributed by atoms with Crippen molar-refractivity contribution in [3.05, 3.63) is 35.9 Å². The van der Waals surface area contributed by atoms with Gasteiger partial charge in [-0.1, -0.05) is 0 Å². The summed E-state index contributed by atoms with van der Waals surface area (Å²) in [5, 5.41) is 0. The number of piperidine rings is 1. The standard InChI is InChI=1S/C20H27N5O2/c1-14-11-21-9-8-15(14)16-12-22-20(24(2)3)23-19(16)17-7-5-6-10-25(17)18(26)13-27-4/h8-9,11-12,17H,5-7,10,13H2,1-4H3. The molecule has 1 aliphatic heterocycles. The number of methoxy groups -OCH3 is 1. The van der Waals surface area contributed by atoms with Crippen molar-refractivity contribution in [3.8, 4) is 11.1 Å². The summed E-state index contributed by atoms with van der Waals surface area (Å²) >= 11 is 0. The number of aryl methyl sites for hydroxylation is 1. The number of likely N-dealkylation sites (tertiary alicyclic amines) is 1. The first-order valence-electron chi connectivity index (χ1n) is 9.26. The molecule has 1 atom stereocenters. The maximum Gasteiger partial charge on any atom is 0.249 e. The minimum atomic E-state index is -0.0781. The molecule has 3 rings (SSSR count). The molecule has 0 radical (unpaired) electrons. The Bertz CT molecular complexity index is 809. The summed E-state index contributed by atoms with van der Waals surface area (Å²) in [5.41, 5.74) is 3.97. The SMILES string of the molecule is COCC(=O)N1CCCCC1c1nc(N(C)C)ncc1-c1ccncc1C. The number of hydrogen-bond acceptors (Lipinski definition) is 6. The second-order valence-corrected chi connectivity index (χ2v) is 7.09. The molecule has 1 aliphatic rings. The first-order chi connectivity index (χ1) is 13.0. The van der Waals surface area contributed by atoms with E-state index in [1.54, 1.807) is 13.3 Å². The first kappa shape index (κ1) is 19.2. The zero-order chi connectivity index (χ0) is 19.4. The molecule has 144 valence electrons. The van der Waals surface area contributed by atoms with Crippen LogP contribution in [0.4, 0.5) is 5.95 Å². The summed E-state index contributed by atoms with van der Waals surface area (Å²) in [5.74, 6) is 0.648. The van der Waals surface area contributed by atoms with E-state index in [1.165, 1.54) is 0 Å². The van der Waals surface area contributed by atoms with E-state index in [9.17, 15) is 4.79 Å². The van der Waals surface area contributed by atoms with Crippen LogP contribution in [0.1, 0.15) is 36.6 Å². The van der Waals surface area contributed by atoms with Gasteiger partial charge in [-0.15, -0.1) is 0 Å². The van der Waals surface area contributed by atoms with Gasteiger partial charge in [0, 0.05) is 51.9 Å². The number of carbonyl (C=O) groups excluding carboxylic acids is 1. The van der Waals surface area contributed by atoms with Crippen LogP contribution < -0.4 is 4.90 Å². The molecule has 1 saturated heterocycles. The highest BCUT2D eigenvalue weighted by molar-refractivity contribution is 5.79. The lowest BCUT2D eigenvalue weighted by Crippen LogP contribution is -2.41. The van der Waals surface area contributed by atoms with Gasteiger partial charge in [-0.25, -0.2) is 9.97 Å². The van der Waals surface area contributed by atoms with Crippen LogP contribution in [0.2, 0.25) is 0 Å². The van der Waals surface area contributed by atoms with E-state index in [1.807, 2.05) is 49.3 Å². The molecule has 7 nitrogen and oxygen atoms in total. The highest BCUT2D eigenvalue weighted by Gasteiger charge is 2.31. The third-order valence-electron chi connectivity index (χ3n) is 4.92. The van der Waals surface area contributed by atoms with Crippen molar-refractivity contribution in [1.29, 1.82) is 0 Å². The Kier molecular flexibility index (Phi) is 6.01. The van der Waals surface area contributed by atoms with Gasteiger partial charge in [-0.05, 0) is 43.4 Å². The molecule has 0 aliphatic carbocycles. The maximum atomic E-state index is 12.7. The fraction of sp³-hybridized carbons (Fsp3) is 0.500. The zero-order valence-corrected chi connectivity index (χ0v) is 16.5. The second-order valence-electron chi connectivity index (χ2n) is 7.09. The minimum Gasteiger partial charge on any atom is -0.375 e. The molecule has 2 aromatic rings.